The summed E-state index contributed by atoms with van der Waals surface area (Å²) in [5.74, 6) is -0.676. The number of carbonyl (C=O) groups excluding carboxylic acids is 1. The maximum Gasteiger partial charge on any atom is 0.335 e. The van der Waals surface area contributed by atoms with Crippen LogP contribution < -0.4 is 9.64 Å². The molecule has 1 N–H and O–H groups in total. The molecule has 6 nitrogen and oxygen atoms in total. The van der Waals surface area contributed by atoms with E-state index >= 15 is 0 Å². The van der Waals surface area contributed by atoms with E-state index in [4.69, 9.17) is 4.74 Å². The molecule has 1 aliphatic heterocycles. The van der Waals surface area contributed by atoms with Gasteiger partial charge < -0.3 is 19.3 Å². The number of piperidine rings is 1. The molecular formula is C30H26BrFN2O4. The molecular weight excluding hydrogens is 551 g/mol. The Hall–Kier alpha value is -3.91. The molecule has 1 amide bonds. The van der Waals surface area contributed by atoms with Crippen LogP contribution in [0.3, 0.4) is 0 Å². The lowest BCUT2D eigenvalue weighted by atomic mass is 10.0. The second-order valence-electron chi connectivity index (χ2n) is 9.29. The number of aromatic nitrogens is 1. The molecule has 194 valence electrons. The highest BCUT2D eigenvalue weighted by atomic mass is 79.9. The van der Waals surface area contributed by atoms with Crippen LogP contribution in [-0.2, 0) is 11.4 Å². The predicted molar refractivity (Wildman–Crippen MR) is 148 cm³/mol. The third kappa shape index (κ3) is 5.36. The average molecular weight is 577 g/mol. The molecule has 0 aliphatic carbocycles. The van der Waals surface area contributed by atoms with Gasteiger partial charge in [0.25, 0.3) is 0 Å². The number of carboxylic acid groups (broad SMARTS) is 1. The molecule has 0 spiro atoms. The van der Waals surface area contributed by atoms with Crippen molar-refractivity contribution in [2.45, 2.75) is 32.8 Å². The standard InChI is InChI=1S/C30H26BrFN2O4/c1-19-26(27-16-22(31)7-10-28(27)38-18-20-5-8-23(32)9-6-20)11-13-33(19)24-14-21(30(36)37)15-25(17-24)34-12-3-2-4-29(34)35/h5-11,13-17H,2-4,12,18H2,1H3,(H,36,37). The summed E-state index contributed by atoms with van der Waals surface area (Å²) in [5, 5.41) is 9.78. The first kappa shape index (κ1) is 25.7. The molecule has 0 radical (unpaired) electrons. The number of hydrogen-bond donors (Lipinski definition) is 1. The second kappa shape index (κ2) is 10.8. The van der Waals surface area contributed by atoms with E-state index in [1.165, 1.54) is 12.1 Å². The third-order valence-corrected chi connectivity index (χ3v) is 7.24. The van der Waals surface area contributed by atoms with Gasteiger partial charge in [0.05, 0.1) is 5.56 Å². The van der Waals surface area contributed by atoms with Crippen molar-refractivity contribution in [1.29, 1.82) is 0 Å². The fraction of sp³-hybridized carbons (Fsp3) is 0.200. The third-order valence-electron chi connectivity index (χ3n) is 6.74. The van der Waals surface area contributed by atoms with Crippen LogP contribution in [0.25, 0.3) is 16.8 Å². The maximum atomic E-state index is 13.3. The second-order valence-corrected chi connectivity index (χ2v) is 10.2. The smallest absolute Gasteiger partial charge is 0.335 e. The summed E-state index contributed by atoms with van der Waals surface area (Å²) in [4.78, 5) is 26.2. The minimum Gasteiger partial charge on any atom is -0.488 e. The Kier molecular flexibility index (Phi) is 7.33. The van der Waals surface area contributed by atoms with Crippen molar-refractivity contribution in [3.63, 3.8) is 0 Å². The number of hydrogen-bond acceptors (Lipinski definition) is 3. The maximum absolute atomic E-state index is 13.3. The lowest BCUT2D eigenvalue weighted by molar-refractivity contribution is -0.119. The molecule has 8 heteroatoms. The van der Waals surface area contributed by atoms with Crippen LogP contribution in [0.5, 0.6) is 5.75 Å². The Balaban J connectivity index is 1.52. The van der Waals surface area contributed by atoms with E-state index in [1.807, 2.05) is 48.0 Å². The number of anilines is 1. The largest absolute Gasteiger partial charge is 0.488 e. The lowest BCUT2D eigenvalue weighted by Crippen LogP contribution is -2.35. The lowest BCUT2D eigenvalue weighted by Gasteiger charge is -2.27. The summed E-state index contributed by atoms with van der Waals surface area (Å²) in [7, 11) is 0. The monoisotopic (exact) mass is 576 g/mol. The number of amides is 1. The Bertz CT molecular complexity index is 1510. The molecule has 1 aliphatic rings. The van der Waals surface area contributed by atoms with Crippen LogP contribution in [-0.4, -0.2) is 28.1 Å². The molecule has 5 rings (SSSR count). The Morgan fingerprint density at radius 1 is 1.00 bits per heavy atom. The first-order valence-corrected chi connectivity index (χ1v) is 13.1. The average Bonchev–Trinajstić information content (AvgIpc) is 3.29. The summed E-state index contributed by atoms with van der Waals surface area (Å²) in [5.41, 5.74) is 4.87. The fourth-order valence-electron chi connectivity index (χ4n) is 4.75. The highest BCUT2D eigenvalue weighted by molar-refractivity contribution is 9.10. The Morgan fingerprint density at radius 2 is 1.76 bits per heavy atom. The van der Waals surface area contributed by atoms with Crippen LogP contribution in [0, 0.1) is 12.7 Å². The molecule has 0 saturated carbocycles. The van der Waals surface area contributed by atoms with Gasteiger partial charge in [0, 0.05) is 51.8 Å². The van der Waals surface area contributed by atoms with E-state index in [9.17, 15) is 19.1 Å². The number of halogens is 2. The zero-order valence-electron chi connectivity index (χ0n) is 20.8. The number of benzene rings is 3. The number of ether oxygens (including phenoxy) is 1. The summed E-state index contributed by atoms with van der Waals surface area (Å²) < 4.78 is 22.2. The van der Waals surface area contributed by atoms with Crippen LogP contribution in [0.15, 0.2) is 77.4 Å². The van der Waals surface area contributed by atoms with Gasteiger partial charge in [-0.3, -0.25) is 4.79 Å². The molecule has 0 unspecified atom stereocenters. The number of carboxylic acids is 1. The highest BCUT2D eigenvalue weighted by Crippen LogP contribution is 2.37. The number of carbonyl (C=O) groups is 2. The van der Waals surface area contributed by atoms with Crippen LogP contribution >= 0.6 is 15.9 Å². The van der Waals surface area contributed by atoms with E-state index in [2.05, 4.69) is 15.9 Å². The van der Waals surface area contributed by atoms with Crippen molar-refractivity contribution < 1.29 is 23.8 Å². The van der Waals surface area contributed by atoms with Gasteiger partial charge in [0.2, 0.25) is 5.91 Å². The topological polar surface area (TPSA) is 71.8 Å². The van der Waals surface area contributed by atoms with Gasteiger partial charge in [-0.15, -0.1) is 0 Å². The summed E-state index contributed by atoms with van der Waals surface area (Å²) >= 11 is 3.55. The summed E-state index contributed by atoms with van der Waals surface area (Å²) in [6.07, 6.45) is 4.08. The normalized spacial score (nSPS) is 13.6. The fourth-order valence-corrected chi connectivity index (χ4v) is 5.11. The van der Waals surface area contributed by atoms with Gasteiger partial charge in [-0.2, -0.15) is 0 Å². The van der Waals surface area contributed by atoms with E-state index in [0.29, 0.717) is 30.1 Å². The quantitative estimate of drug-likeness (QED) is 0.253. The number of aromatic carboxylic acids is 1. The Morgan fingerprint density at radius 3 is 2.50 bits per heavy atom. The van der Waals surface area contributed by atoms with E-state index in [0.717, 1.165) is 39.7 Å². The first-order chi connectivity index (χ1) is 18.3. The van der Waals surface area contributed by atoms with Gasteiger partial charge in [0.1, 0.15) is 18.2 Å². The Labute approximate surface area is 228 Å². The van der Waals surface area contributed by atoms with Gasteiger partial charge >= 0.3 is 5.97 Å². The SMILES string of the molecule is Cc1c(-c2cc(Br)ccc2OCc2ccc(F)cc2)ccn1-c1cc(C(=O)O)cc(N2CCCCC2=O)c1. The molecule has 3 aromatic carbocycles. The van der Waals surface area contributed by atoms with Gasteiger partial charge in [-0.1, -0.05) is 28.1 Å². The van der Waals surface area contributed by atoms with Crippen LogP contribution in [0.2, 0.25) is 0 Å². The minimum atomic E-state index is -1.05. The van der Waals surface area contributed by atoms with Gasteiger partial charge in [0.15, 0.2) is 0 Å². The zero-order valence-corrected chi connectivity index (χ0v) is 22.4. The molecule has 1 fully saturated rings. The summed E-state index contributed by atoms with van der Waals surface area (Å²) in [6.45, 7) is 2.81. The van der Waals surface area contributed by atoms with Crippen LogP contribution in [0.1, 0.15) is 40.9 Å². The van der Waals surface area contributed by atoms with E-state index in [1.54, 1.807) is 29.2 Å². The van der Waals surface area contributed by atoms with Crippen molar-refractivity contribution in [3.8, 4) is 22.6 Å². The van der Waals surface area contributed by atoms with Crippen molar-refractivity contribution >= 4 is 33.5 Å². The van der Waals surface area contributed by atoms with Crippen LogP contribution in [0.4, 0.5) is 10.1 Å². The molecule has 0 bridgehead atoms. The van der Waals surface area contributed by atoms with E-state index < -0.39 is 5.97 Å². The van der Waals surface area contributed by atoms with Gasteiger partial charge in [-0.25, -0.2) is 9.18 Å². The molecule has 0 atom stereocenters. The zero-order chi connectivity index (χ0) is 26.8. The first-order valence-electron chi connectivity index (χ1n) is 12.3. The molecule has 2 heterocycles. The highest BCUT2D eigenvalue weighted by Gasteiger charge is 2.22. The predicted octanol–water partition coefficient (Wildman–Crippen LogP) is 7.15. The van der Waals surface area contributed by atoms with Gasteiger partial charge in [-0.05, 0) is 79.9 Å². The molecule has 1 aromatic heterocycles. The van der Waals surface area contributed by atoms with Crippen molar-refractivity contribution in [1.82, 2.24) is 4.57 Å². The molecule has 38 heavy (non-hydrogen) atoms. The van der Waals surface area contributed by atoms with Crippen molar-refractivity contribution in [3.05, 3.63) is 100 Å². The van der Waals surface area contributed by atoms with Crippen molar-refractivity contribution in [2.75, 3.05) is 11.4 Å². The molecule has 1 saturated heterocycles. The van der Waals surface area contributed by atoms with Crippen molar-refractivity contribution in [2.24, 2.45) is 0 Å². The van der Waals surface area contributed by atoms with E-state index in [-0.39, 0.29) is 23.9 Å². The minimum absolute atomic E-state index is 0.00624. The summed E-state index contributed by atoms with van der Waals surface area (Å²) in [6, 6.07) is 18.9. The number of nitrogens with zero attached hydrogens (tertiary/aromatic N) is 2. The number of rotatable bonds is 7. The molecule has 4 aromatic rings.